The zero-order valence-corrected chi connectivity index (χ0v) is 8.38. The fourth-order valence-electron chi connectivity index (χ4n) is 1.74. The number of hydrogen-bond donors (Lipinski definition) is 0. The standard InChI is InChI=1S/C12H14O2/c1-2-3-8-11-9-6-4-5-7-10(9)12(13)14-11/h6-8H,2-5H2,1H3/b11-8-. The summed E-state index contributed by atoms with van der Waals surface area (Å²) in [6.07, 6.45) is 10.1. The molecule has 0 bridgehead atoms. The molecule has 74 valence electrons. The summed E-state index contributed by atoms with van der Waals surface area (Å²) in [5.74, 6) is 0.584. The summed E-state index contributed by atoms with van der Waals surface area (Å²) in [6.45, 7) is 2.11. The number of rotatable bonds is 2. The highest BCUT2D eigenvalue weighted by Gasteiger charge is 2.30. The number of hydrogen-bond acceptors (Lipinski definition) is 2. The van der Waals surface area contributed by atoms with Gasteiger partial charge in [-0.3, -0.25) is 0 Å². The molecule has 2 heteroatoms. The molecule has 1 fully saturated rings. The van der Waals surface area contributed by atoms with E-state index in [4.69, 9.17) is 4.74 Å². The van der Waals surface area contributed by atoms with Gasteiger partial charge in [0.25, 0.3) is 0 Å². The molecule has 1 aliphatic carbocycles. The van der Waals surface area contributed by atoms with Crippen LogP contribution in [0, 0.1) is 0 Å². The van der Waals surface area contributed by atoms with Gasteiger partial charge in [0, 0.05) is 5.57 Å². The maximum atomic E-state index is 11.4. The smallest absolute Gasteiger partial charge is 0.343 e. The lowest BCUT2D eigenvalue weighted by Gasteiger charge is -2.03. The summed E-state index contributed by atoms with van der Waals surface area (Å²) in [5, 5.41) is 0. The Balaban J connectivity index is 2.27. The van der Waals surface area contributed by atoms with E-state index in [1.165, 1.54) is 0 Å². The first kappa shape index (κ1) is 9.25. The van der Waals surface area contributed by atoms with Crippen molar-refractivity contribution in [3.8, 4) is 0 Å². The Bertz CT molecular complexity index is 345. The van der Waals surface area contributed by atoms with Gasteiger partial charge in [-0.15, -0.1) is 0 Å². The highest BCUT2D eigenvalue weighted by atomic mass is 16.5. The molecule has 0 aromatic carbocycles. The van der Waals surface area contributed by atoms with Gasteiger partial charge in [0.05, 0.1) is 5.57 Å². The van der Waals surface area contributed by atoms with Crippen molar-refractivity contribution in [2.45, 2.75) is 32.6 Å². The first-order valence-corrected chi connectivity index (χ1v) is 5.16. The van der Waals surface area contributed by atoms with Crippen LogP contribution in [0.25, 0.3) is 0 Å². The molecule has 0 aromatic heterocycles. The van der Waals surface area contributed by atoms with E-state index in [9.17, 15) is 4.79 Å². The Morgan fingerprint density at radius 2 is 2.07 bits per heavy atom. The second-order valence-corrected chi connectivity index (χ2v) is 3.56. The lowest BCUT2D eigenvalue weighted by molar-refractivity contribution is -0.132. The van der Waals surface area contributed by atoms with E-state index in [0.29, 0.717) is 0 Å². The molecule has 2 nitrogen and oxygen atoms in total. The second kappa shape index (κ2) is 3.82. The third-order valence-corrected chi connectivity index (χ3v) is 2.46. The van der Waals surface area contributed by atoms with Gasteiger partial charge in [-0.25, -0.2) is 4.79 Å². The van der Waals surface area contributed by atoms with E-state index in [0.717, 1.165) is 42.6 Å². The third kappa shape index (κ3) is 1.52. The quantitative estimate of drug-likeness (QED) is 0.626. The normalized spacial score (nSPS) is 22.9. The van der Waals surface area contributed by atoms with Crippen LogP contribution in [0.15, 0.2) is 35.1 Å². The van der Waals surface area contributed by atoms with E-state index >= 15 is 0 Å². The highest BCUT2D eigenvalue weighted by Crippen LogP contribution is 2.34. The van der Waals surface area contributed by atoms with E-state index in [2.05, 4.69) is 13.0 Å². The molecule has 0 aromatic rings. The van der Waals surface area contributed by atoms with Gasteiger partial charge in [0.1, 0.15) is 5.76 Å². The SMILES string of the molecule is CCC/C=C1\OC(=O)C2=CCCC=C21. The summed E-state index contributed by atoms with van der Waals surface area (Å²) < 4.78 is 5.20. The minimum absolute atomic E-state index is 0.182. The van der Waals surface area contributed by atoms with Gasteiger partial charge in [0.2, 0.25) is 0 Å². The maximum absolute atomic E-state index is 11.4. The van der Waals surface area contributed by atoms with Crippen molar-refractivity contribution < 1.29 is 9.53 Å². The molecule has 2 rings (SSSR count). The Morgan fingerprint density at radius 3 is 2.79 bits per heavy atom. The Kier molecular flexibility index (Phi) is 2.53. The summed E-state index contributed by atoms with van der Waals surface area (Å²) in [7, 11) is 0. The first-order valence-electron chi connectivity index (χ1n) is 5.16. The zero-order chi connectivity index (χ0) is 9.97. The number of fused-ring (bicyclic) bond motifs is 1. The monoisotopic (exact) mass is 190 g/mol. The van der Waals surface area contributed by atoms with Crippen LogP contribution in [0.5, 0.6) is 0 Å². The van der Waals surface area contributed by atoms with Crippen LogP contribution in [0.1, 0.15) is 32.6 Å². The summed E-state index contributed by atoms with van der Waals surface area (Å²) in [6, 6.07) is 0. The molecule has 0 N–H and O–H groups in total. The molecule has 0 radical (unpaired) electrons. The fraction of sp³-hybridized carbons (Fsp3) is 0.417. The molecular formula is C12H14O2. The van der Waals surface area contributed by atoms with Gasteiger partial charge < -0.3 is 4.74 Å². The van der Waals surface area contributed by atoms with Crippen molar-refractivity contribution in [3.05, 3.63) is 35.1 Å². The number of carbonyl (C=O) groups is 1. The van der Waals surface area contributed by atoms with E-state index < -0.39 is 0 Å². The van der Waals surface area contributed by atoms with Crippen LogP contribution in [-0.2, 0) is 9.53 Å². The number of unbranched alkanes of at least 4 members (excludes halogenated alkanes) is 1. The van der Waals surface area contributed by atoms with Gasteiger partial charge in [0.15, 0.2) is 0 Å². The molecule has 0 unspecified atom stereocenters. The molecular weight excluding hydrogens is 176 g/mol. The fourth-order valence-corrected chi connectivity index (χ4v) is 1.74. The van der Waals surface area contributed by atoms with Crippen LogP contribution in [-0.4, -0.2) is 5.97 Å². The van der Waals surface area contributed by atoms with Gasteiger partial charge >= 0.3 is 5.97 Å². The predicted molar refractivity (Wildman–Crippen MR) is 54.5 cm³/mol. The van der Waals surface area contributed by atoms with Crippen molar-refractivity contribution in [3.63, 3.8) is 0 Å². The predicted octanol–water partition coefficient (Wildman–Crippen LogP) is 2.87. The highest BCUT2D eigenvalue weighted by molar-refractivity contribution is 5.99. The van der Waals surface area contributed by atoms with E-state index in [1.807, 2.05) is 12.2 Å². The van der Waals surface area contributed by atoms with Gasteiger partial charge in [-0.1, -0.05) is 25.5 Å². The molecule has 0 amide bonds. The van der Waals surface area contributed by atoms with Crippen molar-refractivity contribution >= 4 is 5.97 Å². The molecule has 1 aliphatic heterocycles. The Labute approximate surface area is 83.9 Å². The largest absolute Gasteiger partial charge is 0.423 e. The average molecular weight is 190 g/mol. The van der Waals surface area contributed by atoms with Crippen LogP contribution in [0.3, 0.4) is 0 Å². The molecule has 2 aliphatic rings. The van der Waals surface area contributed by atoms with Crippen LogP contribution < -0.4 is 0 Å². The third-order valence-electron chi connectivity index (χ3n) is 2.46. The van der Waals surface area contributed by atoms with Crippen LogP contribution in [0.4, 0.5) is 0 Å². The first-order chi connectivity index (χ1) is 6.83. The Hall–Kier alpha value is -1.31. The summed E-state index contributed by atoms with van der Waals surface area (Å²) in [4.78, 5) is 11.4. The molecule has 0 atom stereocenters. The van der Waals surface area contributed by atoms with Crippen LogP contribution >= 0.6 is 0 Å². The number of carbonyl (C=O) groups excluding carboxylic acids is 1. The maximum Gasteiger partial charge on any atom is 0.343 e. The average Bonchev–Trinajstić information content (AvgIpc) is 2.54. The molecule has 0 spiro atoms. The van der Waals surface area contributed by atoms with E-state index in [1.54, 1.807) is 0 Å². The van der Waals surface area contributed by atoms with Crippen molar-refractivity contribution in [2.24, 2.45) is 0 Å². The molecule has 1 heterocycles. The minimum atomic E-state index is -0.182. The topological polar surface area (TPSA) is 26.3 Å². The number of esters is 1. The number of ether oxygens (including phenoxy) is 1. The summed E-state index contributed by atoms with van der Waals surface area (Å²) >= 11 is 0. The number of cyclic esters (lactones) is 1. The van der Waals surface area contributed by atoms with Gasteiger partial charge in [-0.2, -0.15) is 0 Å². The lowest BCUT2D eigenvalue weighted by atomic mass is 9.98. The van der Waals surface area contributed by atoms with Crippen molar-refractivity contribution in [1.82, 2.24) is 0 Å². The molecule has 1 saturated heterocycles. The van der Waals surface area contributed by atoms with Crippen molar-refractivity contribution in [1.29, 1.82) is 0 Å². The van der Waals surface area contributed by atoms with E-state index in [-0.39, 0.29) is 5.97 Å². The number of allylic oxidation sites excluding steroid dienone is 4. The van der Waals surface area contributed by atoms with Crippen molar-refractivity contribution in [2.75, 3.05) is 0 Å². The lowest BCUT2D eigenvalue weighted by Crippen LogP contribution is -1.96. The second-order valence-electron chi connectivity index (χ2n) is 3.56. The van der Waals surface area contributed by atoms with Crippen LogP contribution in [0.2, 0.25) is 0 Å². The zero-order valence-electron chi connectivity index (χ0n) is 8.38. The van der Waals surface area contributed by atoms with Gasteiger partial charge in [-0.05, 0) is 25.3 Å². The minimum Gasteiger partial charge on any atom is -0.423 e. The Morgan fingerprint density at radius 1 is 1.36 bits per heavy atom. The molecule has 14 heavy (non-hydrogen) atoms. The molecule has 0 saturated carbocycles. The summed E-state index contributed by atoms with van der Waals surface area (Å²) in [5.41, 5.74) is 1.77.